The molecular weight excluding hydrogens is 326 g/mol. The van der Waals surface area contributed by atoms with Gasteiger partial charge < -0.3 is 14.9 Å². The smallest absolute Gasteiger partial charge is 0.119 e. The van der Waals surface area contributed by atoms with Gasteiger partial charge in [-0.2, -0.15) is 0 Å². The van der Waals surface area contributed by atoms with Crippen molar-refractivity contribution in [2.75, 3.05) is 26.3 Å². The predicted octanol–water partition coefficient (Wildman–Crippen LogP) is 3.26. The van der Waals surface area contributed by atoms with Gasteiger partial charge in [0.15, 0.2) is 0 Å². The Morgan fingerprint density at radius 2 is 1.62 bits per heavy atom. The van der Waals surface area contributed by atoms with Gasteiger partial charge >= 0.3 is 0 Å². The maximum atomic E-state index is 9.47. The van der Waals surface area contributed by atoms with Crippen LogP contribution in [0.25, 0.3) is 0 Å². The molecule has 0 fully saturated rings. The number of hydrogen-bond acceptors (Lipinski definition) is 4. The maximum absolute atomic E-state index is 9.47. The topological polar surface area (TPSA) is 52.9 Å². The van der Waals surface area contributed by atoms with E-state index in [9.17, 15) is 10.2 Å². The molecule has 0 radical (unpaired) electrons. The van der Waals surface area contributed by atoms with Gasteiger partial charge in [-0.15, -0.1) is 0 Å². The van der Waals surface area contributed by atoms with Crippen LogP contribution in [0.1, 0.15) is 30.9 Å². The number of aliphatic hydroxyl groups is 2. The molecule has 4 nitrogen and oxygen atoms in total. The van der Waals surface area contributed by atoms with E-state index in [1.54, 1.807) is 0 Å². The van der Waals surface area contributed by atoms with Crippen molar-refractivity contribution in [1.29, 1.82) is 0 Å². The Kier molecular flexibility index (Phi) is 9.18. The van der Waals surface area contributed by atoms with Crippen LogP contribution in [0.4, 0.5) is 0 Å². The average molecular weight is 357 g/mol. The third-order valence-corrected chi connectivity index (χ3v) is 4.67. The van der Waals surface area contributed by atoms with Crippen LogP contribution in [0, 0.1) is 0 Å². The van der Waals surface area contributed by atoms with E-state index in [-0.39, 0.29) is 19.3 Å². The molecule has 2 aromatic carbocycles. The summed E-state index contributed by atoms with van der Waals surface area (Å²) in [6.45, 7) is 4.43. The Morgan fingerprint density at radius 1 is 0.923 bits per heavy atom. The Morgan fingerprint density at radius 3 is 2.23 bits per heavy atom. The molecule has 4 heteroatoms. The number of hydrogen-bond donors (Lipinski definition) is 2. The molecule has 0 saturated carbocycles. The minimum atomic E-state index is 0.132. The minimum Gasteiger partial charge on any atom is -0.489 e. The largest absolute Gasteiger partial charge is 0.489 e. The zero-order valence-corrected chi connectivity index (χ0v) is 15.7. The van der Waals surface area contributed by atoms with Crippen molar-refractivity contribution in [1.82, 2.24) is 4.90 Å². The molecule has 2 aromatic rings. The van der Waals surface area contributed by atoms with Crippen LogP contribution in [0.3, 0.4) is 0 Å². The lowest BCUT2D eigenvalue weighted by Crippen LogP contribution is -2.40. The molecule has 0 heterocycles. The van der Waals surface area contributed by atoms with Gasteiger partial charge in [-0.1, -0.05) is 49.4 Å². The van der Waals surface area contributed by atoms with Gasteiger partial charge in [-0.3, -0.25) is 4.90 Å². The standard InChI is InChI=1S/C22H31NO3/c1-2-21(17-25)23(15-16-24)14-6-7-19-10-12-20(13-11-19)18-26-22-8-4-3-5-9-22/h3-5,8-13,21,24-25H,2,6-7,14-18H2,1H3. The summed E-state index contributed by atoms with van der Waals surface area (Å²) in [6.07, 6.45) is 2.90. The summed E-state index contributed by atoms with van der Waals surface area (Å²) in [5.74, 6) is 0.884. The first kappa shape index (κ1) is 20.4. The molecule has 2 rings (SSSR count). The summed E-state index contributed by atoms with van der Waals surface area (Å²) in [7, 11) is 0. The summed E-state index contributed by atoms with van der Waals surface area (Å²) in [6, 6.07) is 18.5. The van der Waals surface area contributed by atoms with E-state index in [2.05, 4.69) is 36.1 Å². The second-order valence-electron chi connectivity index (χ2n) is 6.53. The van der Waals surface area contributed by atoms with Crippen molar-refractivity contribution in [3.63, 3.8) is 0 Å². The van der Waals surface area contributed by atoms with Crippen molar-refractivity contribution >= 4 is 0 Å². The fourth-order valence-electron chi connectivity index (χ4n) is 3.08. The van der Waals surface area contributed by atoms with Crippen LogP contribution >= 0.6 is 0 Å². The summed E-state index contributed by atoms with van der Waals surface area (Å²) < 4.78 is 5.77. The molecule has 0 spiro atoms. The molecule has 26 heavy (non-hydrogen) atoms. The molecule has 0 aromatic heterocycles. The summed E-state index contributed by atoms with van der Waals surface area (Å²) >= 11 is 0. The second-order valence-corrected chi connectivity index (χ2v) is 6.53. The van der Waals surface area contributed by atoms with Crippen molar-refractivity contribution in [2.45, 2.75) is 38.8 Å². The van der Waals surface area contributed by atoms with E-state index < -0.39 is 0 Å². The Balaban J connectivity index is 1.77. The fourth-order valence-corrected chi connectivity index (χ4v) is 3.08. The molecule has 0 aliphatic carbocycles. The number of para-hydroxylation sites is 1. The third-order valence-electron chi connectivity index (χ3n) is 4.67. The lowest BCUT2D eigenvalue weighted by atomic mass is 10.1. The molecule has 1 unspecified atom stereocenters. The lowest BCUT2D eigenvalue weighted by molar-refractivity contribution is 0.0980. The molecule has 0 aliphatic rings. The molecule has 0 aliphatic heterocycles. The number of aryl methyl sites for hydroxylation is 1. The summed E-state index contributed by atoms with van der Waals surface area (Å²) in [5.41, 5.74) is 2.46. The van der Waals surface area contributed by atoms with Crippen LogP contribution in [0.2, 0.25) is 0 Å². The zero-order chi connectivity index (χ0) is 18.6. The highest BCUT2D eigenvalue weighted by Crippen LogP contribution is 2.13. The van der Waals surface area contributed by atoms with Crippen LogP contribution in [-0.4, -0.2) is 47.5 Å². The van der Waals surface area contributed by atoms with Gasteiger partial charge in [-0.25, -0.2) is 0 Å². The first-order valence-electron chi connectivity index (χ1n) is 9.48. The monoisotopic (exact) mass is 357 g/mol. The van der Waals surface area contributed by atoms with E-state index >= 15 is 0 Å². The van der Waals surface area contributed by atoms with Crippen molar-refractivity contribution in [2.24, 2.45) is 0 Å². The Hall–Kier alpha value is -1.88. The molecule has 142 valence electrons. The number of nitrogens with zero attached hydrogens (tertiary/aromatic N) is 1. The van der Waals surface area contributed by atoms with E-state index in [0.29, 0.717) is 13.2 Å². The predicted molar refractivity (Wildman–Crippen MR) is 105 cm³/mol. The van der Waals surface area contributed by atoms with Crippen molar-refractivity contribution < 1.29 is 14.9 Å². The Bertz CT molecular complexity index is 597. The molecule has 2 N–H and O–H groups in total. The van der Waals surface area contributed by atoms with E-state index in [1.807, 2.05) is 30.3 Å². The van der Waals surface area contributed by atoms with Gasteiger partial charge in [0.2, 0.25) is 0 Å². The summed E-state index contributed by atoms with van der Waals surface area (Å²) in [4.78, 5) is 2.18. The third kappa shape index (κ3) is 6.79. The molecular formula is C22H31NO3. The normalized spacial score (nSPS) is 12.3. The van der Waals surface area contributed by atoms with Crippen molar-refractivity contribution in [3.8, 4) is 5.75 Å². The number of benzene rings is 2. The molecule has 1 atom stereocenters. The zero-order valence-electron chi connectivity index (χ0n) is 15.7. The first-order valence-corrected chi connectivity index (χ1v) is 9.48. The molecule has 0 bridgehead atoms. The number of rotatable bonds is 12. The van der Waals surface area contributed by atoms with Crippen molar-refractivity contribution in [3.05, 3.63) is 65.7 Å². The SMILES string of the molecule is CCC(CO)N(CCO)CCCc1ccc(COc2ccccc2)cc1. The first-order chi connectivity index (χ1) is 12.8. The van der Waals surface area contributed by atoms with Gasteiger partial charge in [0.05, 0.1) is 13.2 Å². The Labute approximate surface area is 157 Å². The van der Waals surface area contributed by atoms with Gasteiger partial charge in [0.25, 0.3) is 0 Å². The quantitative estimate of drug-likeness (QED) is 0.612. The highest BCUT2D eigenvalue weighted by molar-refractivity contribution is 5.24. The molecule has 0 saturated heterocycles. The number of aliphatic hydroxyl groups excluding tert-OH is 2. The molecule has 0 amide bonds. The number of ether oxygens (including phenoxy) is 1. The van der Waals surface area contributed by atoms with Crippen LogP contribution in [0.15, 0.2) is 54.6 Å². The van der Waals surface area contributed by atoms with Gasteiger partial charge in [-0.05, 0) is 49.1 Å². The van der Waals surface area contributed by atoms with Gasteiger partial charge in [0, 0.05) is 12.6 Å². The van der Waals surface area contributed by atoms with E-state index in [1.165, 1.54) is 5.56 Å². The van der Waals surface area contributed by atoms with E-state index in [0.717, 1.165) is 37.1 Å². The van der Waals surface area contributed by atoms with E-state index in [4.69, 9.17) is 4.74 Å². The van der Waals surface area contributed by atoms with Crippen LogP contribution < -0.4 is 4.74 Å². The van der Waals surface area contributed by atoms with Gasteiger partial charge in [0.1, 0.15) is 12.4 Å². The lowest BCUT2D eigenvalue weighted by Gasteiger charge is -2.29. The summed E-state index contributed by atoms with van der Waals surface area (Å²) in [5, 5.41) is 18.7. The van der Waals surface area contributed by atoms with Crippen LogP contribution in [0.5, 0.6) is 5.75 Å². The minimum absolute atomic E-state index is 0.132. The maximum Gasteiger partial charge on any atom is 0.119 e. The second kappa shape index (κ2) is 11.7. The average Bonchev–Trinajstić information content (AvgIpc) is 2.69. The highest BCUT2D eigenvalue weighted by atomic mass is 16.5. The highest BCUT2D eigenvalue weighted by Gasteiger charge is 2.14. The van der Waals surface area contributed by atoms with Crippen LogP contribution in [-0.2, 0) is 13.0 Å². The fraction of sp³-hybridized carbons (Fsp3) is 0.455.